The second-order valence-electron chi connectivity index (χ2n) is 9.10. The number of sulfonamides is 1. The van der Waals surface area contributed by atoms with Crippen LogP contribution < -0.4 is 9.46 Å². The predicted molar refractivity (Wildman–Crippen MR) is 119 cm³/mol. The molecule has 31 heavy (non-hydrogen) atoms. The smallest absolute Gasteiger partial charge is 0.264 e. The van der Waals surface area contributed by atoms with Gasteiger partial charge in [0.15, 0.2) is 6.10 Å². The minimum absolute atomic E-state index is 0.0857. The maximum Gasteiger partial charge on any atom is 0.264 e. The van der Waals surface area contributed by atoms with Gasteiger partial charge in [-0.3, -0.25) is 4.79 Å². The van der Waals surface area contributed by atoms with Gasteiger partial charge in [0.2, 0.25) is 10.0 Å². The lowest BCUT2D eigenvalue weighted by Crippen LogP contribution is -2.61. The Labute approximate surface area is 185 Å². The van der Waals surface area contributed by atoms with E-state index >= 15 is 0 Å². The first-order valence-electron chi connectivity index (χ1n) is 11.5. The molecule has 3 atom stereocenters. The molecular formula is C23H34N2O5S. The molecule has 0 radical (unpaired) electrons. The summed E-state index contributed by atoms with van der Waals surface area (Å²) in [5, 5.41) is 0. The number of carbonyl (C=O) groups excluding carboxylic acids is 1. The molecule has 1 saturated carbocycles. The van der Waals surface area contributed by atoms with Crippen LogP contribution in [-0.4, -0.2) is 62.9 Å². The molecule has 1 unspecified atom stereocenters. The molecule has 3 heterocycles. The molecule has 2 bridgehead atoms. The van der Waals surface area contributed by atoms with E-state index in [1.54, 1.807) is 4.90 Å². The molecule has 2 fully saturated rings. The van der Waals surface area contributed by atoms with Crippen molar-refractivity contribution in [1.29, 1.82) is 0 Å². The molecule has 1 saturated heterocycles. The molecule has 0 aromatic heterocycles. The van der Waals surface area contributed by atoms with E-state index in [1.165, 1.54) is 11.8 Å². The van der Waals surface area contributed by atoms with Gasteiger partial charge >= 0.3 is 0 Å². The van der Waals surface area contributed by atoms with Gasteiger partial charge in [-0.15, -0.1) is 0 Å². The minimum Gasteiger partial charge on any atom is -0.480 e. The summed E-state index contributed by atoms with van der Waals surface area (Å²) in [5.41, 5.74) is 1.18. The summed E-state index contributed by atoms with van der Waals surface area (Å²) in [6.45, 7) is 2.89. The number of hydrogen-bond donors (Lipinski definition) is 1. The highest BCUT2D eigenvalue weighted by Gasteiger charge is 2.40. The fourth-order valence-corrected chi connectivity index (χ4v) is 6.12. The van der Waals surface area contributed by atoms with Crippen molar-refractivity contribution in [2.75, 3.05) is 19.4 Å². The largest absolute Gasteiger partial charge is 0.480 e. The van der Waals surface area contributed by atoms with Gasteiger partial charge in [0, 0.05) is 12.6 Å². The summed E-state index contributed by atoms with van der Waals surface area (Å²) in [6.07, 6.45) is 6.67. The molecule has 0 spiro atoms. The predicted octanol–water partition coefficient (Wildman–Crippen LogP) is 2.81. The van der Waals surface area contributed by atoms with Crippen LogP contribution in [-0.2, 0) is 19.6 Å². The number of nitrogens with zero attached hydrogens (tertiary/aromatic N) is 1. The normalized spacial score (nSPS) is 32.1. The quantitative estimate of drug-likeness (QED) is 0.766. The molecule has 3 aliphatic heterocycles. The molecule has 1 aliphatic carbocycles. The van der Waals surface area contributed by atoms with Crippen LogP contribution in [0.5, 0.6) is 5.75 Å². The van der Waals surface area contributed by atoms with Gasteiger partial charge in [-0.1, -0.05) is 25.1 Å². The summed E-state index contributed by atoms with van der Waals surface area (Å²) >= 11 is 0. The van der Waals surface area contributed by atoms with Crippen molar-refractivity contribution in [3.8, 4) is 5.75 Å². The van der Waals surface area contributed by atoms with Crippen molar-refractivity contribution in [3.05, 3.63) is 29.8 Å². The van der Waals surface area contributed by atoms with E-state index in [0.717, 1.165) is 37.9 Å². The van der Waals surface area contributed by atoms with E-state index in [0.29, 0.717) is 31.9 Å². The number of rotatable bonds is 3. The van der Waals surface area contributed by atoms with Gasteiger partial charge in [-0.25, -0.2) is 13.1 Å². The van der Waals surface area contributed by atoms with Crippen molar-refractivity contribution < 1.29 is 22.7 Å². The summed E-state index contributed by atoms with van der Waals surface area (Å²) < 4.78 is 39.3. The van der Waals surface area contributed by atoms with E-state index in [9.17, 15) is 13.2 Å². The Morgan fingerprint density at radius 2 is 1.87 bits per heavy atom. The number of nitrogens with one attached hydrogen (secondary N) is 1. The third kappa shape index (κ3) is 5.23. The number of para-hydroxylation sites is 1. The number of amides is 1. The standard InChI is InChI=1S/C23H34N2O5S/c1-3-21-23(26)25-14-6-8-19(24-31(2,27)28)20(25)15-29-17-12-10-16(11-13-17)18-7-4-5-9-22(18)30-21/h4-5,7,9,16-17,19-21,24H,3,6,8,10-15H2,1-2H3/t16?,17?,19-,20?,21+/m0/s1. The molecular weight excluding hydrogens is 416 g/mol. The Hall–Kier alpha value is -1.64. The highest BCUT2D eigenvalue weighted by molar-refractivity contribution is 7.88. The second-order valence-corrected chi connectivity index (χ2v) is 10.9. The van der Waals surface area contributed by atoms with Crippen molar-refractivity contribution in [1.82, 2.24) is 9.62 Å². The number of ether oxygens (including phenoxy) is 2. The minimum atomic E-state index is -3.39. The zero-order chi connectivity index (χ0) is 22.0. The Morgan fingerprint density at radius 3 is 2.58 bits per heavy atom. The van der Waals surface area contributed by atoms with Crippen molar-refractivity contribution in [2.24, 2.45) is 0 Å². The van der Waals surface area contributed by atoms with Gasteiger partial charge in [0.25, 0.3) is 5.91 Å². The lowest BCUT2D eigenvalue weighted by molar-refractivity contribution is -0.146. The van der Waals surface area contributed by atoms with Crippen molar-refractivity contribution in [2.45, 2.75) is 82.1 Å². The van der Waals surface area contributed by atoms with Crippen LogP contribution in [0.3, 0.4) is 0 Å². The van der Waals surface area contributed by atoms with Crippen molar-refractivity contribution >= 4 is 15.9 Å². The van der Waals surface area contributed by atoms with Gasteiger partial charge in [0.1, 0.15) is 5.75 Å². The molecule has 5 rings (SSSR count). The van der Waals surface area contributed by atoms with Crippen LogP contribution in [0.1, 0.15) is 63.4 Å². The van der Waals surface area contributed by atoms with Gasteiger partial charge < -0.3 is 14.4 Å². The molecule has 1 aromatic carbocycles. The first kappa shape index (κ1) is 22.6. The molecule has 1 amide bonds. The average Bonchev–Trinajstić information content (AvgIpc) is 2.76. The van der Waals surface area contributed by atoms with Crippen molar-refractivity contribution in [3.63, 3.8) is 0 Å². The first-order chi connectivity index (χ1) is 14.9. The van der Waals surface area contributed by atoms with E-state index in [2.05, 4.69) is 10.8 Å². The maximum atomic E-state index is 13.6. The first-order valence-corrected chi connectivity index (χ1v) is 13.4. The Balaban J connectivity index is 1.68. The van der Waals surface area contributed by atoms with Gasteiger partial charge in [0.05, 0.1) is 25.0 Å². The van der Waals surface area contributed by atoms with Gasteiger partial charge in [-0.2, -0.15) is 0 Å². The molecule has 8 heteroatoms. The number of benzene rings is 1. The van der Waals surface area contributed by atoms with E-state index < -0.39 is 16.1 Å². The average molecular weight is 451 g/mol. The zero-order valence-corrected chi connectivity index (χ0v) is 19.3. The third-order valence-electron chi connectivity index (χ3n) is 6.88. The van der Waals surface area contributed by atoms with Crippen LogP contribution in [0.25, 0.3) is 0 Å². The summed E-state index contributed by atoms with van der Waals surface area (Å²) in [7, 11) is -3.39. The van der Waals surface area contributed by atoms with Gasteiger partial charge in [-0.05, 0) is 62.5 Å². The lowest BCUT2D eigenvalue weighted by atomic mass is 9.82. The number of piperidine rings is 1. The van der Waals surface area contributed by atoms with Crippen LogP contribution in [0.4, 0.5) is 0 Å². The lowest BCUT2D eigenvalue weighted by Gasteiger charge is -2.42. The fourth-order valence-electron chi connectivity index (χ4n) is 5.30. The van der Waals surface area contributed by atoms with E-state index in [-0.39, 0.29) is 24.1 Å². The summed E-state index contributed by atoms with van der Waals surface area (Å²) in [6, 6.07) is 7.40. The van der Waals surface area contributed by atoms with E-state index in [4.69, 9.17) is 9.47 Å². The van der Waals surface area contributed by atoms with Crippen LogP contribution in [0.15, 0.2) is 24.3 Å². The molecule has 1 aromatic rings. The van der Waals surface area contributed by atoms with E-state index in [1.807, 2.05) is 25.1 Å². The maximum absolute atomic E-state index is 13.6. The Kier molecular flexibility index (Phi) is 6.89. The molecule has 172 valence electrons. The Bertz CT molecular complexity index is 882. The van der Waals surface area contributed by atoms with Crippen LogP contribution in [0, 0.1) is 0 Å². The third-order valence-corrected chi connectivity index (χ3v) is 7.61. The molecule has 4 aliphatic rings. The number of fused-ring (bicyclic) bond motifs is 5. The van der Waals surface area contributed by atoms with Crippen LogP contribution in [0.2, 0.25) is 0 Å². The Morgan fingerprint density at radius 1 is 1.13 bits per heavy atom. The van der Waals surface area contributed by atoms with Crippen LogP contribution >= 0.6 is 0 Å². The monoisotopic (exact) mass is 450 g/mol. The summed E-state index contributed by atoms with van der Waals surface area (Å²) in [4.78, 5) is 15.4. The number of carbonyl (C=O) groups is 1. The topological polar surface area (TPSA) is 84.9 Å². The zero-order valence-electron chi connectivity index (χ0n) is 18.5. The highest BCUT2D eigenvalue weighted by Crippen LogP contribution is 2.39. The summed E-state index contributed by atoms with van der Waals surface area (Å²) in [5.74, 6) is 1.12. The molecule has 1 N–H and O–H groups in total. The fraction of sp³-hybridized carbons (Fsp3) is 0.696. The molecule has 7 nitrogen and oxygen atoms in total. The highest BCUT2D eigenvalue weighted by atomic mass is 32.2. The SMILES string of the molecule is CC[C@H]1Oc2ccccc2C2CCC(CC2)OCC2[C@@H](NS(C)(=O)=O)CCCN2C1=O. The second kappa shape index (κ2) is 9.46. The number of hydrogen-bond acceptors (Lipinski definition) is 5.